The van der Waals surface area contributed by atoms with Crippen LogP contribution in [0.2, 0.25) is 0 Å². The van der Waals surface area contributed by atoms with Gasteiger partial charge < -0.3 is 10.5 Å². The third kappa shape index (κ3) is 2.11. The molecule has 2 aromatic heterocycles. The maximum Gasteiger partial charge on any atom is 0.146 e. The van der Waals surface area contributed by atoms with Crippen LogP contribution in [-0.2, 0) is 5.88 Å². The lowest BCUT2D eigenvalue weighted by atomic mass is 10.1. The molecular weight excluding hydrogens is 298 g/mol. The van der Waals surface area contributed by atoms with Crippen molar-refractivity contribution in [3.63, 3.8) is 0 Å². The predicted molar refractivity (Wildman–Crippen MR) is 91.1 cm³/mol. The quantitative estimate of drug-likeness (QED) is 0.744. The molecule has 5 heteroatoms. The molecule has 22 heavy (non-hydrogen) atoms. The van der Waals surface area contributed by atoms with Gasteiger partial charge in [0.25, 0.3) is 0 Å². The Kier molecular flexibility index (Phi) is 3.71. The highest BCUT2D eigenvalue weighted by Gasteiger charge is 2.17. The van der Waals surface area contributed by atoms with Crippen LogP contribution in [0.1, 0.15) is 16.7 Å². The summed E-state index contributed by atoms with van der Waals surface area (Å²) in [6.07, 6.45) is 1.76. The van der Waals surface area contributed by atoms with Crippen LogP contribution in [0.4, 0.5) is 5.82 Å². The molecule has 0 aliphatic heterocycles. The minimum absolute atomic E-state index is 0.429. The molecule has 0 aliphatic rings. The molecule has 3 aromatic rings. The number of halogens is 1. The van der Waals surface area contributed by atoms with Crippen LogP contribution in [0.25, 0.3) is 16.7 Å². The number of aromatic nitrogens is 2. The number of aryl methyl sites for hydroxylation is 1. The molecule has 0 bridgehead atoms. The molecule has 0 radical (unpaired) electrons. The summed E-state index contributed by atoms with van der Waals surface area (Å²) in [5.74, 6) is 1.90. The zero-order valence-corrected chi connectivity index (χ0v) is 13.6. The number of nitrogens with zero attached hydrogens (tertiary/aromatic N) is 2. The molecule has 3 rings (SSSR count). The van der Waals surface area contributed by atoms with Crippen molar-refractivity contribution in [3.8, 4) is 11.4 Å². The van der Waals surface area contributed by atoms with Crippen molar-refractivity contribution in [2.24, 2.45) is 0 Å². The molecule has 0 amide bonds. The van der Waals surface area contributed by atoms with E-state index in [1.54, 1.807) is 13.3 Å². The number of pyridine rings is 1. The number of alkyl halides is 1. The van der Waals surface area contributed by atoms with Gasteiger partial charge in [-0.3, -0.25) is 4.57 Å². The Morgan fingerprint density at radius 2 is 2.05 bits per heavy atom. The first-order valence-corrected chi connectivity index (χ1v) is 7.57. The fourth-order valence-electron chi connectivity index (χ4n) is 2.90. The summed E-state index contributed by atoms with van der Waals surface area (Å²) < 4.78 is 7.41. The van der Waals surface area contributed by atoms with Crippen LogP contribution in [0.15, 0.2) is 30.5 Å². The van der Waals surface area contributed by atoms with Crippen LogP contribution < -0.4 is 10.5 Å². The van der Waals surface area contributed by atoms with Gasteiger partial charge in [0.1, 0.15) is 17.2 Å². The summed E-state index contributed by atoms with van der Waals surface area (Å²) in [4.78, 5) is 4.51. The van der Waals surface area contributed by atoms with Crippen molar-refractivity contribution in [2.75, 3.05) is 12.8 Å². The van der Waals surface area contributed by atoms with E-state index in [0.717, 1.165) is 39.2 Å². The van der Waals surface area contributed by atoms with E-state index < -0.39 is 0 Å². The van der Waals surface area contributed by atoms with Gasteiger partial charge in [0.2, 0.25) is 0 Å². The monoisotopic (exact) mass is 315 g/mol. The number of hydrogen-bond acceptors (Lipinski definition) is 3. The number of rotatable bonds is 3. The molecule has 0 saturated heterocycles. The van der Waals surface area contributed by atoms with E-state index in [9.17, 15) is 0 Å². The Bertz CT molecular complexity index is 855. The number of hydrogen-bond donors (Lipinski definition) is 1. The molecule has 114 valence electrons. The smallest absolute Gasteiger partial charge is 0.146 e. The van der Waals surface area contributed by atoms with Crippen molar-refractivity contribution >= 4 is 28.5 Å². The highest BCUT2D eigenvalue weighted by Crippen LogP contribution is 2.34. The second-order valence-electron chi connectivity index (χ2n) is 5.30. The molecule has 4 nitrogen and oxygen atoms in total. The number of anilines is 1. The maximum absolute atomic E-state index is 6.28. The third-order valence-electron chi connectivity index (χ3n) is 3.99. The van der Waals surface area contributed by atoms with Gasteiger partial charge in [0.05, 0.1) is 12.8 Å². The summed E-state index contributed by atoms with van der Waals surface area (Å²) in [7, 11) is 1.67. The average Bonchev–Trinajstić information content (AvgIpc) is 2.84. The zero-order valence-electron chi connectivity index (χ0n) is 12.9. The zero-order chi connectivity index (χ0) is 15.9. The fourth-order valence-corrected chi connectivity index (χ4v) is 3.14. The number of benzene rings is 1. The topological polar surface area (TPSA) is 53.1 Å². The fraction of sp³-hybridized carbons (Fsp3) is 0.235. The number of methoxy groups -OCH3 is 1. The third-order valence-corrected chi connectivity index (χ3v) is 4.28. The molecule has 0 aliphatic carbocycles. The average molecular weight is 316 g/mol. The van der Waals surface area contributed by atoms with E-state index in [4.69, 9.17) is 22.1 Å². The van der Waals surface area contributed by atoms with Crippen molar-refractivity contribution in [1.82, 2.24) is 9.55 Å². The first-order valence-electron chi connectivity index (χ1n) is 7.03. The molecule has 0 unspecified atom stereocenters. The number of nitrogens with two attached hydrogens (primary N) is 1. The van der Waals surface area contributed by atoms with Crippen molar-refractivity contribution in [2.45, 2.75) is 19.7 Å². The lowest BCUT2D eigenvalue weighted by Crippen LogP contribution is -2.06. The Labute approximate surface area is 134 Å². The van der Waals surface area contributed by atoms with Gasteiger partial charge in [0, 0.05) is 23.0 Å². The minimum atomic E-state index is 0.429. The summed E-state index contributed by atoms with van der Waals surface area (Å²) >= 11 is 6.03. The highest BCUT2D eigenvalue weighted by molar-refractivity contribution is 6.18. The van der Waals surface area contributed by atoms with Crippen LogP contribution in [0.5, 0.6) is 5.75 Å². The van der Waals surface area contributed by atoms with Crippen LogP contribution in [0, 0.1) is 13.8 Å². The SMILES string of the molecule is COc1ccc(C)c(-n2c(N)cc3c(CCl)ccnc32)c1C. The number of ether oxygens (including phenoxy) is 1. The molecule has 0 fully saturated rings. The van der Waals surface area contributed by atoms with Crippen LogP contribution >= 0.6 is 11.6 Å². The normalized spacial score (nSPS) is 11.1. The molecule has 0 spiro atoms. The molecule has 0 atom stereocenters. The minimum Gasteiger partial charge on any atom is -0.496 e. The number of fused-ring (bicyclic) bond motifs is 1. The molecule has 2 N–H and O–H groups in total. The van der Waals surface area contributed by atoms with E-state index in [-0.39, 0.29) is 0 Å². The van der Waals surface area contributed by atoms with Gasteiger partial charge in [-0.25, -0.2) is 4.98 Å². The summed E-state index contributed by atoms with van der Waals surface area (Å²) in [6.45, 7) is 4.08. The van der Waals surface area contributed by atoms with Gasteiger partial charge in [0.15, 0.2) is 0 Å². The molecule has 0 saturated carbocycles. The molecular formula is C17H18ClN3O. The Morgan fingerprint density at radius 1 is 1.27 bits per heavy atom. The Hall–Kier alpha value is -2.20. The Balaban J connectivity index is 2.39. The van der Waals surface area contributed by atoms with Gasteiger partial charge >= 0.3 is 0 Å². The van der Waals surface area contributed by atoms with E-state index >= 15 is 0 Å². The standard InChI is InChI=1S/C17H18ClN3O/c1-10-4-5-14(22-3)11(2)16(10)21-15(19)8-13-12(9-18)6-7-20-17(13)21/h4-8H,9,19H2,1-3H3. The summed E-state index contributed by atoms with van der Waals surface area (Å²) in [6, 6.07) is 7.84. The number of nitrogen functional groups attached to an aromatic ring is 1. The summed E-state index contributed by atoms with van der Waals surface area (Å²) in [5, 5.41) is 0.983. The first kappa shape index (κ1) is 14.7. The second-order valence-corrected chi connectivity index (χ2v) is 5.57. The largest absolute Gasteiger partial charge is 0.496 e. The second kappa shape index (κ2) is 5.54. The predicted octanol–water partition coefficient (Wildman–Crippen LogP) is 3.97. The highest BCUT2D eigenvalue weighted by atomic mass is 35.5. The summed E-state index contributed by atoms with van der Waals surface area (Å²) in [5.41, 5.74) is 11.3. The van der Waals surface area contributed by atoms with E-state index in [1.807, 2.05) is 35.8 Å². The van der Waals surface area contributed by atoms with E-state index in [0.29, 0.717) is 11.7 Å². The lowest BCUT2D eigenvalue weighted by molar-refractivity contribution is 0.411. The van der Waals surface area contributed by atoms with E-state index in [2.05, 4.69) is 11.9 Å². The van der Waals surface area contributed by atoms with Crippen LogP contribution in [0.3, 0.4) is 0 Å². The van der Waals surface area contributed by atoms with Gasteiger partial charge in [-0.05, 0) is 43.2 Å². The van der Waals surface area contributed by atoms with Gasteiger partial charge in [-0.1, -0.05) is 6.07 Å². The van der Waals surface area contributed by atoms with E-state index in [1.165, 1.54) is 0 Å². The lowest BCUT2D eigenvalue weighted by Gasteiger charge is -2.16. The maximum atomic E-state index is 6.28. The van der Waals surface area contributed by atoms with Crippen LogP contribution in [-0.4, -0.2) is 16.7 Å². The van der Waals surface area contributed by atoms with Gasteiger partial charge in [-0.2, -0.15) is 0 Å². The molecule has 1 aromatic carbocycles. The van der Waals surface area contributed by atoms with Gasteiger partial charge in [-0.15, -0.1) is 11.6 Å². The first-order chi connectivity index (χ1) is 10.6. The van der Waals surface area contributed by atoms with Crippen molar-refractivity contribution in [1.29, 1.82) is 0 Å². The molecule has 2 heterocycles. The Morgan fingerprint density at radius 3 is 2.73 bits per heavy atom. The van der Waals surface area contributed by atoms with Crippen molar-refractivity contribution in [3.05, 3.63) is 47.2 Å². The van der Waals surface area contributed by atoms with Crippen molar-refractivity contribution < 1.29 is 4.74 Å².